The molecule has 0 spiro atoms. The number of esters is 1. The number of carboxylic acids is 2. The molecule has 0 saturated carbocycles. The van der Waals surface area contributed by atoms with Gasteiger partial charge in [0.25, 0.3) is 0 Å². The number of nitrogens with one attached hydrogen (secondary N) is 1. The van der Waals surface area contributed by atoms with E-state index in [0.29, 0.717) is 24.9 Å². The van der Waals surface area contributed by atoms with Gasteiger partial charge in [-0.15, -0.1) is 0 Å². The lowest BCUT2D eigenvalue weighted by Crippen LogP contribution is -2.37. The third-order valence-electron chi connectivity index (χ3n) is 5.04. The second-order valence-electron chi connectivity index (χ2n) is 7.41. The number of aliphatic carboxylic acids is 2. The summed E-state index contributed by atoms with van der Waals surface area (Å²) in [5, 5.41) is 28.6. The van der Waals surface area contributed by atoms with Gasteiger partial charge in [-0.3, -0.25) is 0 Å². The first-order valence-corrected chi connectivity index (χ1v) is 10.6. The second kappa shape index (κ2) is 13.2. The quantitative estimate of drug-likeness (QED) is 0.344. The van der Waals surface area contributed by atoms with Crippen LogP contribution in [0.3, 0.4) is 0 Å². The maximum atomic E-state index is 11.4. The van der Waals surface area contributed by atoms with Gasteiger partial charge in [0.2, 0.25) is 0 Å². The first kappa shape index (κ1) is 25.8. The smallest absolute Gasteiger partial charge is 0.414 e. The minimum Gasteiger partial charge on any atom is -0.482 e. The molecular formula is C24H29NO8. The Morgan fingerprint density at radius 3 is 2.39 bits per heavy atom. The van der Waals surface area contributed by atoms with Gasteiger partial charge in [0.05, 0.1) is 12.7 Å². The zero-order chi connectivity index (χ0) is 24.2. The minimum absolute atomic E-state index is 0.0719. The van der Waals surface area contributed by atoms with Crippen molar-refractivity contribution in [3.05, 3.63) is 65.2 Å². The molecule has 0 saturated heterocycles. The lowest BCUT2D eigenvalue weighted by molar-refractivity contribution is -0.159. The number of hydrogen-bond acceptors (Lipinski definition) is 7. The summed E-state index contributed by atoms with van der Waals surface area (Å²) in [6, 6.07) is 16.0. The summed E-state index contributed by atoms with van der Waals surface area (Å²) in [5.41, 5.74) is 3.48. The fraction of sp³-hybridized carbons (Fsp3) is 0.375. The summed E-state index contributed by atoms with van der Waals surface area (Å²) in [4.78, 5) is 29.6. The zero-order valence-electron chi connectivity index (χ0n) is 18.4. The first-order valence-electron chi connectivity index (χ1n) is 10.6. The number of fused-ring (bicyclic) bond motifs is 1. The fourth-order valence-electron chi connectivity index (χ4n) is 3.41. The van der Waals surface area contributed by atoms with Gasteiger partial charge in [0, 0.05) is 12.6 Å². The number of carbonyl (C=O) groups is 3. The van der Waals surface area contributed by atoms with E-state index < -0.39 is 18.0 Å². The van der Waals surface area contributed by atoms with Gasteiger partial charge in [-0.25, -0.2) is 14.4 Å². The predicted molar refractivity (Wildman–Crippen MR) is 119 cm³/mol. The molecule has 9 heteroatoms. The number of carbonyl (C=O) groups excluding carboxylic acids is 1. The average molecular weight is 459 g/mol. The molecule has 0 aliphatic heterocycles. The highest BCUT2D eigenvalue weighted by molar-refractivity contribution is 6.27. The van der Waals surface area contributed by atoms with E-state index in [0.717, 1.165) is 24.8 Å². The fourth-order valence-corrected chi connectivity index (χ4v) is 3.41. The lowest BCUT2D eigenvalue weighted by Gasteiger charge is -2.27. The van der Waals surface area contributed by atoms with Crippen LogP contribution in [-0.2, 0) is 32.0 Å². The summed E-state index contributed by atoms with van der Waals surface area (Å²) in [6.07, 6.45) is 2.41. The first-order chi connectivity index (χ1) is 15.8. The minimum atomic E-state index is -1.82. The van der Waals surface area contributed by atoms with Crippen LogP contribution in [0.4, 0.5) is 0 Å². The molecule has 4 N–H and O–H groups in total. The van der Waals surface area contributed by atoms with Gasteiger partial charge in [0.15, 0.2) is 6.61 Å². The van der Waals surface area contributed by atoms with Crippen LogP contribution in [0.25, 0.3) is 0 Å². The molecule has 0 bridgehead atoms. The molecule has 178 valence electrons. The number of hydrogen-bond donors (Lipinski definition) is 4. The highest BCUT2D eigenvalue weighted by Crippen LogP contribution is 2.26. The standard InChI is InChI=1S/C22H27NO4.C2H2O4/c1-2-26-22(25)15-27-20-11-9-16-8-10-19(12-18(16)13-20)23-14-21(24)17-6-4-3-5-7-17;3-1(4)2(5)6/h3-7,9,11,13,19,21,23-24H,2,8,10,12,14-15H2,1H3;(H,3,4)(H,5,6). The van der Waals surface area contributed by atoms with E-state index in [1.165, 1.54) is 11.1 Å². The van der Waals surface area contributed by atoms with E-state index in [2.05, 4.69) is 11.4 Å². The van der Waals surface area contributed by atoms with Gasteiger partial charge >= 0.3 is 17.9 Å². The largest absolute Gasteiger partial charge is 0.482 e. The van der Waals surface area contributed by atoms with E-state index in [1.807, 2.05) is 42.5 Å². The summed E-state index contributed by atoms with van der Waals surface area (Å²) in [7, 11) is 0. The van der Waals surface area contributed by atoms with Crippen LogP contribution in [-0.4, -0.2) is 59.0 Å². The number of aliphatic hydroxyl groups is 1. The van der Waals surface area contributed by atoms with Gasteiger partial charge in [-0.1, -0.05) is 36.4 Å². The van der Waals surface area contributed by atoms with Gasteiger partial charge in [-0.2, -0.15) is 0 Å². The maximum Gasteiger partial charge on any atom is 0.414 e. The van der Waals surface area contributed by atoms with Crippen molar-refractivity contribution in [3.8, 4) is 5.75 Å². The van der Waals surface area contributed by atoms with Crippen LogP contribution in [0.1, 0.15) is 36.1 Å². The molecule has 0 amide bonds. The molecule has 2 unspecified atom stereocenters. The van der Waals surface area contributed by atoms with Crippen molar-refractivity contribution < 1.29 is 39.2 Å². The Morgan fingerprint density at radius 1 is 1.06 bits per heavy atom. The normalized spacial score (nSPS) is 15.3. The van der Waals surface area contributed by atoms with Crippen molar-refractivity contribution in [3.63, 3.8) is 0 Å². The van der Waals surface area contributed by atoms with Crippen molar-refractivity contribution >= 4 is 17.9 Å². The molecule has 1 aliphatic rings. The number of carboxylic acid groups (broad SMARTS) is 2. The molecule has 0 radical (unpaired) electrons. The Morgan fingerprint density at radius 2 is 1.76 bits per heavy atom. The summed E-state index contributed by atoms with van der Waals surface area (Å²) >= 11 is 0. The van der Waals surface area contributed by atoms with Crippen LogP contribution in [0.5, 0.6) is 5.75 Å². The van der Waals surface area contributed by atoms with Crippen molar-refractivity contribution in [2.45, 2.75) is 38.3 Å². The van der Waals surface area contributed by atoms with E-state index in [4.69, 9.17) is 29.3 Å². The number of benzene rings is 2. The van der Waals surface area contributed by atoms with Gasteiger partial charge in [-0.05, 0) is 55.0 Å². The molecule has 2 atom stereocenters. The predicted octanol–water partition coefficient (Wildman–Crippen LogP) is 1.96. The topological polar surface area (TPSA) is 142 Å². The van der Waals surface area contributed by atoms with E-state index in [-0.39, 0.29) is 12.6 Å². The molecule has 1 aliphatic carbocycles. The summed E-state index contributed by atoms with van der Waals surface area (Å²) in [5.74, 6) is -3.32. The van der Waals surface area contributed by atoms with Crippen LogP contribution >= 0.6 is 0 Å². The van der Waals surface area contributed by atoms with Crippen molar-refractivity contribution in [1.29, 1.82) is 0 Å². The van der Waals surface area contributed by atoms with Gasteiger partial charge < -0.3 is 30.1 Å². The van der Waals surface area contributed by atoms with E-state index in [9.17, 15) is 9.90 Å². The lowest BCUT2D eigenvalue weighted by atomic mass is 9.88. The molecule has 0 aromatic heterocycles. The van der Waals surface area contributed by atoms with Gasteiger partial charge in [0.1, 0.15) is 5.75 Å². The number of aliphatic hydroxyl groups excluding tert-OH is 1. The number of rotatable bonds is 8. The SMILES string of the molecule is CCOC(=O)COc1ccc2c(c1)CC(NCC(O)c1ccccc1)CC2.O=C(O)C(=O)O. The van der Waals surface area contributed by atoms with Crippen LogP contribution in [0.15, 0.2) is 48.5 Å². The highest BCUT2D eigenvalue weighted by Gasteiger charge is 2.20. The molecule has 9 nitrogen and oxygen atoms in total. The van der Waals surface area contributed by atoms with Crippen LogP contribution in [0, 0.1) is 0 Å². The average Bonchev–Trinajstić information content (AvgIpc) is 2.82. The summed E-state index contributed by atoms with van der Waals surface area (Å²) < 4.78 is 10.4. The van der Waals surface area contributed by atoms with E-state index in [1.54, 1.807) is 6.92 Å². The number of aryl methyl sites for hydroxylation is 1. The van der Waals surface area contributed by atoms with Crippen molar-refractivity contribution in [1.82, 2.24) is 5.32 Å². The highest BCUT2D eigenvalue weighted by atomic mass is 16.6. The monoisotopic (exact) mass is 459 g/mol. The van der Waals surface area contributed by atoms with Crippen LogP contribution < -0.4 is 10.1 Å². The maximum absolute atomic E-state index is 11.4. The molecule has 2 aromatic rings. The third kappa shape index (κ3) is 8.91. The molecule has 2 aromatic carbocycles. The molecular weight excluding hydrogens is 430 g/mol. The second-order valence-corrected chi connectivity index (χ2v) is 7.41. The molecule has 3 rings (SSSR count). The zero-order valence-corrected chi connectivity index (χ0v) is 18.4. The summed E-state index contributed by atoms with van der Waals surface area (Å²) in [6.45, 7) is 2.59. The van der Waals surface area contributed by atoms with Crippen molar-refractivity contribution in [2.24, 2.45) is 0 Å². The third-order valence-corrected chi connectivity index (χ3v) is 5.04. The molecule has 33 heavy (non-hydrogen) atoms. The van der Waals surface area contributed by atoms with Crippen molar-refractivity contribution in [2.75, 3.05) is 19.8 Å². The number of ether oxygens (including phenoxy) is 2. The Hall–Kier alpha value is -3.43. The molecule has 0 fully saturated rings. The Balaban J connectivity index is 0.000000569. The Bertz CT molecular complexity index is 919. The Kier molecular flexibility index (Phi) is 10.3. The van der Waals surface area contributed by atoms with Crippen LogP contribution in [0.2, 0.25) is 0 Å². The van der Waals surface area contributed by atoms with E-state index >= 15 is 0 Å². The Labute approximate surface area is 192 Å². The molecule has 0 heterocycles.